The molecule has 0 amide bonds. The largest absolute Gasteiger partial charge is 0.507 e. The maximum atomic E-state index is 9.04. The first-order valence-electron chi connectivity index (χ1n) is 12.0. The number of ether oxygens (including phenoxy) is 2. The van der Waals surface area contributed by atoms with Gasteiger partial charge in [0, 0.05) is 24.2 Å². The normalized spacial score (nSPS) is 11.7. The van der Waals surface area contributed by atoms with Crippen molar-refractivity contribution in [2.75, 3.05) is 7.11 Å². The lowest BCUT2D eigenvalue weighted by Gasteiger charge is -2.21. The summed E-state index contributed by atoms with van der Waals surface area (Å²) in [5, 5.41) is 11.8. The van der Waals surface area contributed by atoms with E-state index in [4.69, 9.17) is 14.6 Å². The fourth-order valence-electron chi connectivity index (χ4n) is 3.86. The molecule has 4 aromatic rings. The van der Waals surface area contributed by atoms with Gasteiger partial charge in [0.25, 0.3) is 0 Å². The monoisotopic (exact) mass is 478 g/mol. The Kier molecular flexibility index (Phi) is 9.67. The van der Waals surface area contributed by atoms with E-state index in [1.54, 1.807) is 31.4 Å². The Bertz CT molecular complexity index is 1290. The Hall–Kier alpha value is -4.08. The highest BCUT2D eigenvalue weighted by Gasteiger charge is 2.14. The maximum Gasteiger partial charge on any atom is 0.201 e. The molecule has 1 N–H and O–H groups in total. The van der Waals surface area contributed by atoms with Gasteiger partial charge in [-0.3, -0.25) is 0 Å². The SMILES string of the molecule is C1=Cc2cccc3cccc1c23.C=Cc1ccccc1O.C=Cc1ccccc1OC(OC)C(C)C. The molecule has 0 aromatic heterocycles. The summed E-state index contributed by atoms with van der Waals surface area (Å²) >= 11 is 0. The molecule has 1 aliphatic rings. The number of benzene rings is 4. The molecule has 0 radical (unpaired) electrons. The number of hydrogen-bond donors (Lipinski definition) is 1. The van der Waals surface area contributed by atoms with Gasteiger partial charge in [-0.15, -0.1) is 0 Å². The molecule has 1 aliphatic carbocycles. The van der Waals surface area contributed by atoms with E-state index >= 15 is 0 Å². The van der Waals surface area contributed by atoms with Crippen molar-refractivity contribution in [3.63, 3.8) is 0 Å². The number of hydrogen-bond acceptors (Lipinski definition) is 3. The van der Waals surface area contributed by atoms with Crippen LogP contribution >= 0.6 is 0 Å². The second-order valence-corrected chi connectivity index (χ2v) is 8.60. The van der Waals surface area contributed by atoms with Gasteiger partial charge in [0.05, 0.1) is 0 Å². The van der Waals surface area contributed by atoms with Gasteiger partial charge >= 0.3 is 0 Å². The van der Waals surface area contributed by atoms with Gasteiger partial charge in [-0.05, 0) is 34.0 Å². The molecule has 4 aromatic carbocycles. The highest BCUT2D eigenvalue weighted by molar-refractivity contribution is 6.04. The third-order valence-electron chi connectivity index (χ3n) is 5.73. The van der Waals surface area contributed by atoms with Crippen molar-refractivity contribution in [1.29, 1.82) is 0 Å². The molecule has 1 atom stereocenters. The summed E-state index contributed by atoms with van der Waals surface area (Å²) in [6.07, 6.45) is 7.54. The zero-order chi connectivity index (χ0) is 25.9. The zero-order valence-corrected chi connectivity index (χ0v) is 21.2. The molecule has 3 nitrogen and oxygen atoms in total. The van der Waals surface area contributed by atoms with E-state index in [0.717, 1.165) is 16.9 Å². The predicted octanol–water partition coefficient (Wildman–Crippen LogP) is 8.70. The zero-order valence-electron chi connectivity index (χ0n) is 21.2. The number of rotatable bonds is 6. The topological polar surface area (TPSA) is 38.7 Å². The molecule has 0 fully saturated rings. The summed E-state index contributed by atoms with van der Waals surface area (Å²) < 4.78 is 11.0. The van der Waals surface area contributed by atoms with Crippen LogP contribution in [-0.4, -0.2) is 18.5 Å². The smallest absolute Gasteiger partial charge is 0.201 e. The molecule has 0 saturated heterocycles. The third-order valence-corrected chi connectivity index (χ3v) is 5.73. The first-order valence-corrected chi connectivity index (χ1v) is 12.0. The van der Waals surface area contributed by atoms with E-state index in [1.165, 1.54) is 21.9 Å². The first kappa shape index (κ1) is 26.5. The molecule has 5 rings (SSSR count). The Balaban J connectivity index is 0.000000155. The number of methoxy groups -OCH3 is 1. The summed E-state index contributed by atoms with van der Waals surface area (Å²) in [5.74, 6) is 1.41. The molecule has 3 heteroatoms. The molecule has 36 heavy (non-hydrogen) atoms. The van der Waals surface area contributed by atoms with Crippen LogP contribution in [0.1, 0.15) is 36.1 Å². The van der Waals surface area contributed by atoms with Crippen molar-refractivity contribution in [2.45, 2.75) is 20.1 Å². The lowest BCUT2D eigenvalue weighted by molar-refractivity contribution is -0.0834. The van der Waals surface area contributed by atoms with Crippen molar-refractivity contribution in [3.8, 4) is 11.5 Å². The number of phenolic OH excluding ortho intramolecular Hbond substituents is 1. The quantitative estimate of drug-likeness (QED) is 0.248. The van der Waals surface area contributed by atoms with Crippen LogP contribution in [-0.2, 0) is 4.74 Å². The molecule has 0 aliphatic heterocycles. The lowest BCUT2D eigenvalue weighted by Crippen LogP contribution is -2.25. The summed E-state index contributed by atoms with van der Waals surface area (Å²) in [4.78, 5) is 0. The summed E-state index contributed by atoms with van der Waals surface area (Å²) in [5.41, 5.74) is 4.46. The fourth-order valence-corrected chi connectivity index (χ4v) is 3.86. The van der Waals surface area contributed by atoms with Crippen molar-refractivity contribution in [1.82, 2.24) is 0 Å². The van der Waals surface area contributed by atoms with Gasteiger partial charge in [0.1, 0.15) is 11.5 Å². The van der Waals surface area contributed by atoms with Gasteiger partial charge in [0.15, 0.2) is 0 Å². The van der Waals surface area contributed by atoms with Gasteiger partial charge in [-0.2, -0.15) is 0 Å². The van der Waals surface area contributed by atoms with Crippen LogP contribution in [0.4, 0.5) is 0 Å². The molecular formula is C33H34O3. The van der Waals surface area contributed by atoms with E-state index in [2.05, 4.69) is 75.6 Å². The van der Waals surface area contributed by atoms with E-state index in [9.17, 15) is 0 Å². The van der Waals surface area contributed by atoms with Crippen LogP contribution in [0.5, 0.6) is 11.5 Å². The Morgan fingerprint density at radius 3 is 1.78 bits per heavy atom. The highest BCUT2D eigenvalue weighted by atomic mass is 16.7. The number of aromatic hydroxyl groups is 1. The van der Waals surface area contributed by atoms with Crippen LogP contribution in [0.2, 0.25) is 0 Å². The van der Waals surface area contributed by atoms with E-state index in [-0.39, 0.29) is 12.0 Å². The van der Waals surface area contributed by atoms with E-state index in [1.807, 2.05) is 36.4 Å². The van der Waals surface area contributed by atoms with Gasteiger partial charge in [0.2, 0.25) is 6.29 Å². The molecule has 0 spiro atoms. The van der Waals surface area contributed by atoms with Crippen LogP contribution in [0.15, 0.2) is 98.1 Å². The number of phenols is 1. The fraction of sp³-hybridized carbons (Fsp3) is 0.152. The predicted molar refractivity (Wildman–Crippen MR) is 154 cm³/mol. The van der Waals surface area contributed by atoms with E-state index in [0.29, 0.717) is 5.92 Å². The first-order chi connectivity index (χ1) is 17.5. The number of para-hydroxylation sites is 2. The van der Waals surface area contributed by atoms with Crippen molar-refractivity contribution >= 4 is 35.1 Å². The van der Waals surface area contributed by atoms with Crippen LogP contribution in [0.25, 0.3) is 35.1 Å². The summed E-state index contributed by atoms with van der Waals surface area (Å²) in [6, 6.07) is 27.7. The standard InChI is InChI=1S/C13H18O2.C12H8.C8H8O/c1-5-11-8-6-7-9-12(11)15-13(14-4)10(2)3;1-3-9-4-2-6-11-8-7-10(5-1)12(9)11;1-2-7-5-3-4-6-8(7)9/h5-10,13H,1H2,2-4H3;1-8H;2-6,9H,1H2. The Morgan fingerprint density at radius 2 is 1.28 bits per heavy atom. The van der Waals surface area contributed by atoms with Crippen molar-refractivity contribution in [2.24, 2.45) is 5.92 Å². The molecular weight excluding hydrogens is 444 g/mol. The minimum Gasteiger partial charge on any atom is -0.507 e. The van der Waals surface area contributed by atoms with Crippen LogP contribution in [0, 0.1) is 5.92 Å². The van der Waals surface area contributed by atoms with Gasteiger partial charge < -0.3 is 14.6 Å². The van der Waals surface area contributed by atoms with E-state index < -0.39 is 0 Å². The molecule has 184 valence electrons. The van der Waals surface area contributed by atoms with Crippen LogP contribution in [0.3, 0.4) is 0 Å². The average Bonchev–Trinajstić information content (AvgIpc) is 3.33. The maximum absolute atomic E-state index is 9.04. The highest BCUT2D eigenvalue weighted by Crippen LogP contribution is 2.30. The molecule has 1 unspecified atom stereocenters. The molecule has 0 saturated carbocycles. The van der Waals surface area contributed by atoms with Crippen molar-refractivity contribution < 1.29 is 14.6 Å². The minimum atomic E-state index is -0.217. The molecule has 0 bridgehead atoms. The summed E-state index contributed by atoms with van der Waals surface area (Å²) in [7, 11) is 1.65. The van der Waals surface area contributed by atoms with Crippen LogP contribution < -0.4 is 4.74 Å². The lowest BCUT2D eigenvalue weighted by atomic mass is 10.0. The molecule has 0 heterocycles. The summed E-state index contributed by atoms with van der Waals surface area (Å²) in [6.45, 7) is 11.4. The third kappa shape index (κ3) is 6.74. The van der Waals surface area contributed by atoms with Gasteiger partial charge in [-0.25, -0.2) is 0 Å². The Labute approximate surface area is 214 Å². The second-order valence-electron chi connectivity index (χ2n) is 8.60. The minimum absolute atomic E-state index is 0.217. The van der Waals surface area contributed by atoms with Gasteiger partial charge in [-0.1, -0.05) is 124 Å². The average molecular weight is 479 g/mol. The van der Waals surface area contributed by atoms with Crippen molar-refractivity contribution in [3.05, 3.63) is 120 Å². The second kappa shape index (κ2) is 13.1. The Morgan fingerprint density at radius 1 is 0.722 bits per heavy atom.